The fourth-order valence-electron chi connectivity index (χ4n) is 2.57. The summed E-state index contributed by atoms with van der Waals surface area (Å²) in [5.74, 6) is -0.0720. The summed E-state index contributed by atoms with van der Waals surface area (Å²) in [6, 6.07) is 7.38. The van der Waals surface area contributed by atoms with Crippen molar-refractivity contribution in [3.63, 3.8) is 0 Å². The van der Waals surface area contributed by atoms with E-state index in [1.54, 1.807) is 22.8 Å². The lowest BCUT2D eigenvalue weighted by molar-refractivity contribution is -0.119. The van der Waals surface area contributed by atoms with Crippen LogP contribution in [-0.2, 0) is 11.8 Å². The van der Waals surface area contributed by atoms with Crippen LogP contribution in [0.2, 0.25) is 0 Å². The van der Waals surface area contributed by atoms with Gasteiger partial charge in [-0.1, -0.05) is 6.07 Å². The summed E-state index contributed by atoms with van der Waals surface area (Å²) in [4.78, 5) is 25.9. The minimum absolute atomic E-state index is 0.141. The van der Waals surface area contributed by atoms with E-state index in [0.717, 1.165) is 25.1 Å². The lowest BCUT2D eigenvalue weighted by Crippen LogP contribution is -2.35. The maximum atomic E-state index is 12.1. The Morgan fingerprint density at radius 3 is 2.91 bits per heavy atom. The zero-order valence-electron chi connectivity index (χ0n) is 12.5. The molecular formula is C16H18N4O2. The van der Waals surface area contributed by atoms with Crippen LogP contribution in [0.4, 0.5) is 11.4 Å². The monoisotopic (exact) mass is 298 g/mol. The van der Waals surface area contributed by atoms with E-state index >= 15 is 0 Å². The maximum absolute atomic E-state index is 12.1. The molecule has 2 heterocycles. The van der Waals surface area contributed by atoms with Crippen molar-refractivity contribution in [1.29, 1.82) is 0 Å². The zero-order chi connectivity index (χ0) is 15.5. The Balaban J connectivity index is 1.76. The average Bonchev–Trinajstić information content (AvgIpc) is 2.95. The predicted octanol–water partition coefficient (Wildman–Crippen LogP) is 2.19. The van der Waals surface area contributed by atoms with E-state index in [1.807, 2.05) is 24.3 Å². The summed E-state index contributed by atoms with van der Waals surface area (Å²) in [7, 11) is 1.76. The summed E-state index contributed by atoms with van der Waals surface area (Å²) in [5.41, 5.74) is 2.00. The van der Waals surface area contributed by atoms with E-state index < -0.39 is 0 Å². The summed E-state index contributed by atoms with van der Waals surface area (Å²) in [6.45, 7) is 0.735. The molecule has 0 atom stereocenters. The van der Waals surface area contributed by atoms with Crippen molar-refractivity contribution >= 4 is 23.2 Å². The minimum atomic E-state index is -0.213. The van der Waals surface area contributed by atoms with Crippen LogP contribution < -0.4 is 10.2 Å². The van der Waals surface area contributed by atoms with E-state index in [0.29, 0.717) is 17.7 Å². The molecule has 0 spiro atoms. The molecule has 0 radical (unpaired) electrons. The van der Waals surface area contributed by atoms with Gasteiger partial charge in [-0.15, -0.1) is 0 Å². The first-order valence-electron chi connectivity index (χ1n) is 7.34. The van der Waals surface area contributed by atoms with Gasteiger partial charge in [0, 0.05) is 37.6 Å². The topological polar surface area (TPSA) is 67.2 Å². The highest BCUT2D eigenvalue weighted by Gasteiger charge is 2.19. The summed E-state index contributed by atoms with van der Waals surface area (Å²) in [5, 5.41) is 6.82. The number of piperidine rings is 1. The number of anilines is 2. The van der Waals surface area contributed by atoms with Crippen LogP contribution in [0.3, 0.4) is 0 Å². The Bertz CT molecular complexity index is 708. The number of aryl methyl sites for hydroxylation is 1. The summed E-state index contributed by atoms with van der Waals surface area (Å²) in [6.07, 6.45) is 5.73. The van der Waals surface area contributed by atoms with Crippen molar-refractivity contribution in [3.8, 4) is 0 Å². The second-order valence-electron chi connectivity index (χ2n) is 5.41. The highest BCUT2D eigenvalue weighted by atomic mass is 16.2. The van der Waals surface area contributed by atoms with Crippen molar-refractivity contribution in [2.24, 2.45) is 7.05 Å². The van der Waals surface area contributed by atoms with Gasteiger partial charge in [0.15, 0.2) is 0 Å². The molecule has 1 aliphatic heterocycles. The van der Waals surface area contributed by atoms with E-state index in [2.05, 4.69) is 10.4 Å². The molecule has 1 N–H and O–H groups in total. The highest BCUT2D eigenvalue weighted by molar-refractivity contribution is 6.04. The summed E-state index contributed by atoms with van der Waals surface area (Å²) < 4.78 is 1.58. The SMILES string of the molecule is Cn1cc(C(=O)Nc2cccc(N3CCCCC3=O)c2)cn1. The van der Waals surface area contributed by atoms with Gasteiger partial charge < -0.3 is 10.2 Å². The Morgan fingerprint density at radius 1 is 1.32 bits per heavy atom. The third kappa shape index (κ3) is 3.00. The first-order chi connectivity index (χ1) is 10.6. The van der Waals surface area contributed by atoms with Crippen LogP contribution in [-0.4, -0.2) is 28.1 Å². The van der Waals surface area contributed by atoms with Crippen LogP contribution in [0.1, 0.15) is 29.6 Å². The lowest BCUT2D eigenvalue weighted by Gasteiger charge is -2.27. The molecule has 22 heavy (non-hydrogen) atoms. The van der Waals surface area contributed by atoms with Crippen molar-refractivity contribution < 1.29 is 9.59 Å². The molecule has 2 amide bonds. The number of aromatic nitrogens is 2. The Morgan fingerprint density at radius 2 is 2.18 bits per heavy atom. The van der Waals surface area contributed by atoms with Crippen molar-refractivity contribution in [1.82, 2.24) is 9.78 Å². The highest BCUT2D eigenvalue weighted by Crippen LogP contribution is 2.24. The standard InChI is InChI=1S/C16H18N4O2/c1-19-11-12(10-17-19)16(22)18-13-5-4-6-14(9-13)20-8-3-2-7-15(20)21/h4-6,9-11H,2-3,7-8H2,1H3,(H,18,22). The lowest BCUT2D eigenvalue weighted by atomic mass is 10.1. The molecule has 1 fully saturated rings. The first kappa shape index (κ1) is 14.3. The van der Waals surface area contributed by atoms with Crippen molar-refractivity contribution in [2.75, 3.05) is 16.8 Å². The van der Waals surface area contributed by atoms with Gasteiger partial charge in [-0.2, -0.15) is 5.10 Å². The van der Waals surface area contributed by atoms with E-state index in [1.165, 1.54) is 6.20 Å². The van der Waals surface area contributed by atoms with Crippen LogP contribution in [0.25, 0.3) is 0 Å². The Kier molecular flexibility index (Phi) is 3.91. The molecule has 1 aliphatic rings. The predicted molar refractivity (Wildman–Crippen MR) is 83.8 cm³/mol. The molecular weight excluding hydrogens is 280 g/mol. The van der Waals surface area contributed by atoms with Gasteiger partial charge in [-0.05, 0) is 31.0 Å². The van der Waals surface area contributed by atoms with Gasteiger partial charge in [0.25, 0.3) is 5.91 Å². The summed E-state index contributed by atoms with van der Waals surface area (Å²) >= 11 is 0. The first-order valence-corrected chi connectivity index (χ1v) is 7.34. The molecule has 2 aromatic rings. The van der Waals surface area contributed by atoms with Crippen molar-refractivity contribution in [2.45, 2.75) is 19.3 Å². The molecule has 114 valence electrons. The van der Waals surface area contributed by atoms with E-state index in [-0.39, 0.29) is 11.8 Å². The number of hydrogen-bond donors (Lipinski definition) is 1. The second kappa shape index (κ2) is 6.01. The molecule has 1 saturated heterocycles. The second-order valence-corrected chi connectivity index (χ2v) is 5.41. The van der Waals surface area contributed by atoms with Gasteiger partial charge in [-0.25, -0.2) is 0 Å². The Hall–Kier alpha value is -2.63. The number of amides is 2. The van der Waals surface area contributed by atoms with Crippen LogP contribution in [0.5, 0.6) is 0 Å². The number of nitrogens with zero attached hydrogens (tertiary/aromatic N) is 3. The fraction of sp³-hybridized carbons (Fsp3) is 0.312. The number of hydrogen-bond acceptors (Lipinski definition) is 3. The molecule has 0 aliphatic carbocycles. The van der Waals surface area contributed by atoms with Crippen LogP contribution in [0, 0.1) is 0 Å². The third-order valence-electron chi connectivity index (χ3n) is 3.71. The third-order valence-corrected chi connectivity index (χ3v) is 3.71. The zero-order valence-corrected chi connectivity index (χ0v) is 12.5. The average molecular weight is 298 g/mol. The largest absolute Gasteiger partial charge is 0.322 e. The number of nitrogens with one attached hydrogen (secondary N) is 1. The molecule has 6 nitrogen and oxygen atoms in total. The van der Waals surface area contributed by atoms with Gasteiger partial charge in [0.2, 0.25) is 5.91 Å². The van der Waals surface area contributed by atoms with Crippen molar-refractivity contribution in [3.05, 3.63) is 42.2 Å². The van der Waals surface area contributed by atoms with Crippen LogP contribution >= 0.6 is 0 Å². The molecule has 0 saturated carbocycles. The van der Waals surface area contributed by atoms with E-state index in [4.69, 9.17) is 0 Å². The number of benzene rings is 1. The van der Waals surface area contributed by atoms with Gasteiger partial charge >= 0.3 is 0 Å². The van der Waals surface area contributed by atoms with Gasteiger partial charge in [0.05, 0.1) is 11.8 Å². The molecule has 1 aromatic heterocycles. The molecule has 1 aromatic carbocycles. The molecule has 0 unspecified atom stereocenters. The smallest absolute Gasteiger partial charge is 0.258 e. The molecule has 0 bridgehead atoms. The maximum Gasteiger partial charge on any atom is 0.258 e. The van der Waals surface area contributed by atoms with E-state index in [9.17, 15) is 9.59 Å². The molecule has 6 heteroatoms. The normalized spacial score (nSPS) is 15.0. The number of rotatable bonds is 3. The Labute approximate surface area is 128 Å². The minimum Gasteiger partial charge on any atom is -0.322 e. The number of carbonyl (C=O) groups excluding carboxylic acids is 2. The van der Waals surface area contributed by atoms with Gasteiger partial charge in [0.1, 0.15) is 0 Å². The fourth-order valence-corrected chi connectivity index (χ4v) is 2.57. The quantitative estimate of drug-likeness (QED) is 0.944. The number of carbonyl (C=O) groups is 2. The van der Waals surface area contributed by atoms with Gasteiger partial charge in [-0.3, -0.25) is 14.3 Å². The molecule has 3 rings (SSSR count). The van der Waals surface area contributed by atoms with Crippen LogP contribution in [0.15, 0.2) is 36.7 Å².